The molecule has 8 nitrogen and oxygen atoms in total. The summed E-state index contributed by atoms with van der Waals surface area (Å²) in [6, 6.07) is 4.60. The van der Waals surface area contributed by atoms with Crippen LogP contribution in [0.5, 0.6) is 0 Å². The number of carbonyl (C=O) groups excluding carboxylic acids is 2. The summed E-state index contributed by atoms with van der Waals surface area (Å²) in [5, 5.41) is 10.5. The van der Waals surface area contributed by atoms with Crippen molar-refractivity contribution in [2.45, 2.75) is 26.1 Å². The minimum Gasteiger partial charge on any atom is -0.442 e. The SMILES string of the molecule is CC(=O)NCc1cn(C[C@H]2CN(c3ccc(I)c(F)c3)C(=O)O2)nn1. The van der Waals surface area contributed by atoms with Gasteiger partial charge in [0.2, 0.25) is 5.91 Å². The number of nitrogens with zero attached hydrogens (tertiary/aromatic N) is 4. The summed E-state index contributed by atoms with van der Waals surface area (Å²) in [6.45, 7) is 2.32. The highest BCUT2D eigenvalue weighted by Gasteiger charge is 2.33. The van der Waals surface area contributed by atoms with Crippen LogP contribution in [0.4, 0.5) is 14.9 Å². The molecule has 10 heteroatoms. The molecule has 0 aliphatic carbocycles. The Balaban J connectivity index is 1.62. The number of ether oxygens (including phenoxy) is 1. The van der Waals surface area contributed by atoms with Gasteiger partial charge in [-0.25, -0.2) is 13.9 Å². The summed E-state index contributed by atoms with van der Waals surface area (Å²) in [6.07, 6.45) is 0.728. The predicted octanol–water partition coefficient (Wildman–Crippen LogP) is 1.68. The number of benzene rings is 1. The lowest BCUT2D eigenvalue weighted by atomic mass is 10.2. The molecule has 1 aliphatic rings. The molecule has 0 unspecified atom stereocenters. The van der Waals surface area contributed by atoms with Crippen LogP contribution in [0, 0.1) is 9.39 Å². The van der Waals surface area contributed by atoms with Crippen LogP contribution in [0.3, 0.4) is 0 Å². The summed E-state index contributed by atoms with van der Waals surface area (Å²) in [5.41, 5.74) is 1.06. The molecular weight excluding hydrogens is 444 g/mol. The van der Waals surface area contributed by atoms with Crippen molar-refractivity contribution in [2.75, 3.05) is 11.4 Å². The number of aromatic nitrogens is 3. The molecule has 0 radical (unpaired) electrons. The highest BCUT2D eigenvalue weighted by molar-refractivity contribution is 14.1. The minimum absolute atomic E-state index is 0.153. The molecule has 2 aromatic rings. The van der Waals surface area contributed by atoms with Gasteiger partial charge in [0, 0.05) is 10.5 Å². The number of carbonyl (C=O) groups is 2. The number of hydrogen-bond acceptors (Lipinski definition) is 5. The van der Waals surface area contributed by atoms with Crippen molar-refractivity contribution in [1.82, 2.24) is 20.3 Å². The monoisotopic (exact) mass is 459 g/mol. The number of anilines is 1. The highest BCUT2D eigenvalue weighted by atomic mass is 127. The van der Waals surface area contributed by atoms with Gasteiger partial charge < -0.3 is 10.1 Å². The molecule has 1 saturated heterocycles. The number of cyclic esters (lactones) is 1. The standard InChI is InChI=1S/C15H15FIN5O3/c1-9(23)18-5-10-6-21(20-19-10)7-12-8-22(15(24)25-12)11-2-3-14(17)13(16)4-11/h2-4,6,12H,5,7-8H2,1H3,(H,18,23)/t12-/m0/s1. The first kappa shape index (κ1) is 17.6. The first-order chi connectivity index (χ1) is 11.9. The fraction of sp³-hybridized carbons (Fsp3) is 0.333. The molecule has 3 rings (SSSR count). The smallest absolute Gasteiger partial charge is 0.414 e. The van der Waals surface area contributed by atoms with Crippen molar-refractivity contribution >= 4 is 40.3 Å². The zero-order valence-electron chi connectivity index (χ0n) is 13.3. The molecule has 1 aromatic carbocycles. The summed E-state index contributed by atoms with van der Waals surface area (Å²) < 4.78 is 21.0. The van der Waals surface area contributed by atoms with Gasteiger partial charge in [-0.3, -0.25) is 9.69 Å². The third-order valence-corrected chi connectivity index (χ3v) is 4.46. The molecule has 132 valence electrons. The van der Waals surface area contributed by atoms with Crippen molar-refractivity contribution < 1.29 is 18.7 Å². The molecule has 1 N–H and O–H groups in total. The maximum atomic E-state index is 13.7. The zero-order valence-corrected chi connectivity index (χ0v) is 15.4. The molecule has 2 amide bonds. The number of rotatable bonds is 5. The van der Waals surface area contributed by atoms with Gasteiger partial charge in [0.05, 0.1) is 31.5 Å². The zero-order chi connectivity index (χ0) is 18.0. The van der Waals surface area contributed by atoms with E-state index < -0.39 is 12.2 Å². The van der Waals surface area contributed by atoms with Gasteiger partial charge in [-0.15, -0.1) is 5.10 Å². The van der Waals surface area contributed by atoms with E-state index in [0.717, 1.165) is 0 Å². The highest BCUT2D eigenvalue weighted by Crippen LogP contribution is 2.25. The van der Waals surface area contributed by atoms with Crippen LogP contribution in [0.15, 0.2) is 24.4 Å². The number of hydrogen-bond donors (Lipinski definition) is 1. The predicted molar refractivity (Wildman–Crippen MR) is 94.3 cm³/mol. The van der Waals surface area contributed by atoms with E-state index in [2.05, 4.69) is 15.6 Å². The molecule has 1 fully saturated rings. The van der Waals surface area contributed by atoms with Gasteiger partial charge in [-0.05, 0) is 40.8 Å². The fourth-order valence-electron chi connectivity index (χ4n) is 2.41. The Hall–Kier alpha value is -2.24. The van der Waals surface area contributed by atoms with Gasteiger partial charge in [0.25, 0.3) is 0 Å². The van der Waals surface area contributed by atoms with E-state index in [9.17, 15) is 14.0 Å². The topological polar surface area (TPSA) is 89.4 Å². The van der Waals surface area contributed by atoms with Crippen molar-refractivity contribution in [3.8, 4) is 0 Å². The second-order valence-electron chi connectivity index (χ2n) is 5.56. The Morgan fingerprint density at radius 2 is 2.32 bits per heavy atom. The fourth-order valence-corrected chi connectivity index (χ4v) is 2.75. The van der Waals surface area contributed by atoms with E-state index in [4.69, 9.17) is 4.74 Å². The van der Waals surface area contributed by atoms with Gasteiger partial charge in [-0.1, -0.05) is 5.21 Å². The normalized spacial score (nSPS) is 16.8. The maximum absolute atomic E-state index is 13.7. The molecule has 0 saturated carbocycles. The number of amides is 2. The van der Waals surface area contributed by atoms with E-state index in [1.165, 1.54) is 17.9 Å². The van der Waals surface area contributed by atoms with E-state index in [0.29, 0.717) is 28.0 Å². The Labute approximate surface area is 156 Å². The van der Waals surface area contributed by atoms with Crippen LogP contribution in [0.1, 0.15) is 12.6 Å². The van der Waals surface area contributed by atoms with Gasteiger partial charge >= 0.3 is 6.09 Å². The van der Waals surface area contributed by atoms with Crippen LogP contribution in [0.25, 0.3) is 0 Å². The molecule has 1 aromatic heterocycles. The van der Waals surface area contributed by atoms with E-state index in [1.807, 2.05) is 22.6 Å². The second-order valence-corrected chi connectivity index (χ2v) is 6.72. The summed E-state index contributed by atoms with van der Waals surface area (Å²) in [7, 11) is 0. The maximum Gasteiger partial charge on any atom is 0.414 e. The van der Waals surface area contributed by atoms with Crippen LogP contribution >= 0.6 is 22.6 Å². The molecule has 0 spiro atoms. The second kappa shape index (κ2) is 7.33. The summed E-state index contributed by atoms with van der Waals surface area (Å²) in [5.74, 6) is -0.534. The van der Waals surface area contributed by atoms with Crippen LogP contribution in [-0.2, 0) is 22.6 Å². The van der Waals surface area contributed by atoms with E-state index in [-0.39, 0.29) is 18.3 Å². The average Bonchev–Trinajstić information content (AvgIpc) is 3.15. The lowest BCUT2D eigenvalue weighted by Gasteiger charge is -2.13. The lowest BCUT2D eigenvalue weighted by molar-refractivity contribution is -0.119. The molecule has 0 bridgehead atoms. The Kier molecular flexibility index (Phi) is 5.16. The molecule has 25 heavy (non-hydrogen) atoms. The molecule has 2 heterocycles. The van der Waals surface area contributed by atoms with Crippen molar-refractivity contribution in [3.05, 3.63) is 39.5 Å². The van der Waals surface area contributed by atoms with Crippen LogP contribution in [0.2, 0.25) is 0 Å². The van der Waals surface area contributed by atoms with E-state index >= 15 is 0 Å². The Bertz CT molecular complexity index is 812. The van der Waals surface area contributed by atoms with Crippen LogP contribution < -0.4 is 10.2 Å². The molecule has 1 atom stereocenters. The van der Waals surface area contributed by atoms with Gasteiger partial charge in [0.15, 0.2) is 0 Å². The van der Waals surface area contributed by atoms with E-state index in [1.54, 1.807) is 23.0 Å². The van der Waals surface area contributed by atoms with Crippen molar-refractivity contribution in [3.63, 3.8) is 0 Å². The van der Waals surface area contributed by atoms with Crippen molar-refractivity contribution in [1.29, 1.82) is 0 Å². The lowest BCUT2D eigenvalue weighted by Crippen LogP contribution is -2.26. The van der Waals surface area contributed by atoms with Gasteiger partial charge in [-0.2, -0.15) is 0 Å². The largest absolute Gasteiger partial charge is 0.442 e. The number of halogens is 2. The third kappa shape index (κ3) is 4.24. The summed E-state index contributed by atoms with van der Waals surface area (Å²) in [4.78, 5) is 24.3. The van der Waals surface area contributed by atoms with Crippen molar-refractivity contribution in [2.24, 2.45) is 0 Å². The third-order valence-electron chi connectivity index (χ3n) is 3.58. The first-order valence-corrected chi connectivity index (χ1v) is 8.57. The minimum atomic E-state index is -0.524. The molecular formula is C15H15FIN5O3. The first-order valence-electron chi connectivity index (χ1n) is 7.49. The number of nitrogens with one attached hydrogen (secondary N) is 1. The molecule has 1 aliphatic heterocycles. The average molecular weight is 459 g/mol. The Morgan fingerprint density at radius 1 is 1.52 bits per heavy atom. The quantitative estimate of drug-likeness (QED) is 0.688. The summed E-state index contributed by atoms with van der Waals surface area (Å²) >= 11 is 1.89. The van der Waals surface area contributed by atoms with Crippen LogP contribution in [-0.4, -0.2) is 39.6 Å². The van der Waals surface area contributed by atoms with Gasteiger partial charge in [0.1, 0.15) is 17.6 Å². The Morgan fingerprint density at radius 3 is 3.04 bits per heavy atom.